The second-order valence-electron chi connectivity index (χ2n) is 7.29. The predicted molar refractivity (Wildman–Crippen MR) is 117 cm³/mol. The normalized spacial score (nSPS) is 12.5. The van der Waals surface area contributed by atoms with Crippen LogP contribution in [0.3, 0.4) is 0 Å². The van der Waals surface area contributed by atoms with Crippen LogP contribution in [0.2, 0.25) is 0 Å². The molecule has 2 aromatic carbocycles. The van der Waals surface area contributed by atoms with Crippen molar-refractivity contribution in [1.82, 2.24) is 5.32 Å². The number of amides is 1. The Kier molecular flexibility index (Phi) is 7.67. The highest BCUT2D eigenvalue weighted by Gasteiger charge is 2.28. The van der Waals surface area contributed by atoms with E-state index in [0.29, 0.717) is 5.69 Å². The molecule has 0 aliphatic rings. The van der Waals surface area contributed by atoms with Crippen molar-refractivity contribution in [1.29, 1.82) is 0 Å². The van der Waals surface area contributed by atoms with Gasteiger partial charge in [0.15, 0.2) is 0 Å². The smallest absolute Gasteiger partial charge is 0.243 e. The van der Waals surface area contributed by atoms with Crippen molar-refractivity contribution < 1.29 is 17.9 Å². The molecule has 6 nitrogen and oxygen atoms in total. The SMILES string of the molecule is CCc1ccc(N([C@H](C)C(=O)NCc2cccc(OC(C)C)c2)S(C)(=O)=O)cc1. The van der Waals surface area contributed by atoms with Crippen LogP contribution in [-0.2, 0) is 27.8 Å². The Morgan fingerprint density at radius 2 is 1.72 bits per heavy atom. The number of carbonyl (C=O) groups excluding carboxylic acids is 1. The summed E-state index contributed by atoms with van der Waals surface area (Å²) in [6.07, 6.45) is 2.02. The Hall–Kier alpha value is -2.54. The van der Waals surface area contributed by atoms with Crippen LogP contribution in [0.4, 0.5) is 5.69 Å². The number of hydrogen-bond acceptors (Lipinski definition) is 4. The summed E-state index contributed by atoms with van der Waals surface area (Å²) in [5, 5.41) is 2.82. The molecule has 0 saturated carbocycles. The zero-order valence-corrected chi connectivity index (χ0v) is 18.5. The summed E-state index contributed by atoms with van der Waals surface area (Å²) in [5.41, 5.74) is 2.45. The Balaban J connectivity index is 2.13. The standard InChI is InChI=1S/C22H30N2O4S/c1-6-18-10-12-20(13-11-18)24(29(5,26)27)17(4)22(25)23-15-19-8-7-9-21(14-19)28-16(2)3/h7-14,16-17H,6,15H2,1-5H3,(H,23,25)/t17-/m1/s1. The summed E-state index contributed by atoms with van der Waals surface area (Å²) in [5.74, 6) is 0.360. The fourth-order valence-corrected chi connectivity index (χ4v) is 4.20. The van der Waals surface area contributed by atoms with Gasteiger partial charge in [-0.3, -0.25) is 9.10 Å². The maximum atomic E-state index is 12.7. The third-order valence-corrected chi connectivity index (χ3v) is 5.67. The van der Waals surface area contributed by atoms with Crippen LogP contribution < -0.4 is 14.4 Å². The van der Waals surface area contributed by atoms with Gasteiger partial charge < -0.3 is 10.1 Å². The molecule has 2 aromatic rings. The lowest BCUT2D eigenvalue weighted by molar-refractivity contribution is -0.122. The van der Waals surface area contributed by atoms with Crippen LogP contribution in [0, 0.1) is 0 Å². The zero-order valence-electron chi connectivity index (χ0n) is 17.7. The van der Waals surface area contributed by atoms with Crippen molar-refractivity contribution in [2.75, 3.05) is 10.6 Å². The van der Waals surface area contributed by atoms with Crippen LogP contribution in [0.1, 0.15) is 38.8 Å². The minimum absolute atomic E-state index is 0.0577. The highest BCUT2D eigenvalue weighted by molar-refractivity contribution is 7.92. The first kappa shape index (κ1) is 22.7. The molecule has 0 unspecified atom stereocenters. The molecule has 7 heteroatoms. The van der Waals surface area contributed by atoms with Crippen LogP contribution in [0.15, 0.2) is 48.5 Å². The van der Waals surface area contributed by atoms with Crippen LogP contribution in [0.5, 0.6) is 5.75 Å². The largest absolute Gasteiger partial charge is 0.491 e. The van der Waals surface area contributed by atoms with E-state index in [1.165, 1.54) is 0 Å². The lowest BCUT2D eigenvalue weighted by Gasteiger charge is -2.28. The first-order valence-corrected chi connectivity index (χ1v) is 11.6. The molecule has 0 spiro atoms. The maximum Gasteiger partial charge on any atom is 0.243 e. The quantitative estimate of drug-likeness (QED) is 0.676. The number of ether oxygens (including phenoxy) is 1. The van der Waals surface area contributed by atoms with Crippen molar-refractivity contribution in [3.8, 4) is 5.75 Å². The number of hydrogen-bond donors (Lipinski definition) is 1. The molecule has 1 N–H and O–H groups in total. The average Bonchev–Trinajstić information content (AvgIpc) is 2.65. The van der Waals surface area contributed by atoms with Gasteiger partial charge in [0, 0.05) is 6.54 Å². The summed E-state index contributed by atoms with van der Waals surface area (Å²) in [4.78, 5) is 12.7. The number of sulfonamides is 1. The Bertz CT molecular complexity index is 924. The number of carbonyl (C=O) groups is 1. The molecule has 1 atom stereocenters. The molecule has 0 saturated heterocycles. The zero-order chi connectivity index (χ0) is 21.6. The first-order chi connectivity index (χ1) is 13.6. The molecule has 0 aliphatic carbocycles. The molecule has 2 rings (SSSR count). The monoisotopic (exact) mass is 418 g/mol. The summed E-state index contributed by atoms with van der Waals surface area (Å²) in [6.45, 7) is 7.79. The van der Waals surface area contributed by atoms with Crippen molar-refractivity contribution in [3.05, 3.63) is 59.7 Å². The van der Waals surface area contributed by atoms with E-state index < -0.39 is 16.1 Å². The molecule has 0 bridgehead atoms. The third-order valence-electron chi connectivity index (χ3n) is 4.42. The van der Waals surface area contributed by atoms with Crippen molar-refractivity contribution in [2.24, 2.45) is 0 Å². The minimum Gasteiger partial charge on any atom is -0.491 e. The van der Waals surface area contributed by atoms with Crippen molar-refractivity contribution >= 4 is 21.6 Å². The highest BCUT2D eigenvalue weighted by Crippen LogP contribution is 2.22. The van der Waals surface area contributed by atoms with E-state index in [1.54, 1.807) is 19.1 Å². The van der Waals surface area contributed by atoms with Gasteiger partial charge in [-0.1, -0.05) is 31.2 Å². The highest BCUT2D eigenvalue weighted by atomic mass is 32.2. The predicted octanol–water partition coefficient (Wildman–Crippen LogP) is 3.51. The van der Waals surface area contributed by atoms with Gasteiger partial charge in [0.25, 0.3) is 0 Å². The van der Waals surface area contributed by atoms with Gasteiger partial charge in [-0.2, -0.15) is 0 Å². The van der Waals surface area contributed by atoms with Gasteiger partial charge in [-0.15, -0.1) is 0 Å². The molecule has 0 aliphatic heterocycles. The fraction of sp³-hybridized carbons (Fsp3) is 0.409. The Morgan fingerprint density at radius 3 is 2.28 bits per heavy atom. The maximum absolute atomic E-state index is 12.7. The second-order valence-corrected chi connectivity index (χ2v) is 9.15. The lowest BCUT2D eigenvalue weighted by atomic mass is 10.1. The van der Waals surface area contributed by atoms with Gasteiger partial charge in [0.05, 0.1) is 18.0 Å². The minimum atomic E-state index is -3.63. The van der Waals surface area contributed by atoms with Crippen LogP contribution in [-0.4, -0.2) is 32.7 Å². The van der Waals surface area contributed by atoms with E-state index in [1.807, 2.05) is 57.2 Å². The van der Waals surface area contributed by atoms with Gasteiger partial charge >= 0.3 is 0 Å². The van der Waals surface area contributed by atoms with Crippen molar-refractivity contribution in [2.45, 2.75) is 52.8 Å². The Labute approximate surface area is 173 Å². The molecule has 158 valence electrons. The van der Waals surface area contributed by atoms with E-state index in [9.17, 15) is 13.2 Å². The topological polar surface area (TPSA) is 75.7 Å². The van der Waals surface area contributed by atoms with Gasteiger partial charge in [-0.25, -0.2) is 8.42 Å². The molecule has 0 heterocycles. The molecule has 0 aromatic heterocycles. The Morgan fingerprint density at radius 1 is 1.07 bits per heavy atom. The number of aryl methyl sites for hydroxylation is 1. The summed E-state index contributed by atoms with van der Waals surface area (Å²) in [6, 6.07) is 13.8. The van der Waals surface area contributed by atoms with E-state index in [4.69, 9.17) is 4.74 Å². The fourth-order valence-electron chi connectivity index (χ4n) is 3.03. The van der Waals surface area contributed by atoms with Gasteiger partial charge in [-0.05, 0) is 62.6 Å². The van der Waals surface area contributed by atoms with Gasteiger partial charge in [0.1, 0.15) is 11.8 Å². The summed E-state index contributed by atoms with van der Waals surface area (Å²) >= 11 is 0. The number of benzene rings is 2. The van der Waals surface area contributed by atoms with Crippen LogP contribution >= 0.6 is 0 Å². The summed E-state index contributed by atoms with van der Waals surface area (Å²) < 4.78 is 31.6. The molecular weight excluding hydrogens is 388 g/mol. The number of nitrogens with one attached hydrogen (secondary N) is 1. The van der Waals surface area contributed by atoms with E-state index >= 15 is 0 Å². The number of rotatable bonds is 9. The molecule has 1 amide bonds. The summed E-state index contributed by atoms with van der Waals surface area (Å²) in [7, 11) is -3.63. The molecule has 29 heavy (non-hydrogen) atoms. The lowest BCUT2D eigenvalue weighted by Crippen LogP contribution is -2.47. The average molecular weight is 419 g/mol. The number of nitrogens with zero attached hydrogens (tertiary/aromatic N) is 1. The second kappa shape index (κ2) is 9.78. The van der Waals surface area contributed by atoms with E-state index in [-0.39, 0.29) is 18.6 Å². The van der Waals surface area contributed by atoms with E-state index in [2.05, 4.69) is 5.32 Å². The van der Waals surface area contributed by atoms with E-state index in [0.717, 1.165) is 33.9 Å². The molecule has 0 fully saturated rings. The number of anilines is 1. The van der Waals surface area contributed by atoms with Crippen LogP contribution in [0.25, 0.3) is 0 Å². The first-order valence-electron chi connectivity index (χ1n) is 9.73. The molecule has 0 radical (unpaired) electrons. The third kappa shape index (κ3) is 6.49. The van der Waals surface area contributed by atoms with Crippen molar-refractivity contribution in [3.63, 3.8) is 0 Å². The molecular formula is C22H30N2O4S. The van der Waals surface area contributed by atoms with Gasteiger partial charge in [0.2, 0.25) is 15.9 Å².